The van der Waals surface area contributed by atoms with Crippen molar-refractivity contribution in [1.29, 1.82) is 0 Å². The molecular formula is C24H22N2O3S. The number of benzene rings is 3. The van der Waals surface area contributed by atoms with E-state index in [-0.39, 0.29) is 5.56 Å². The summed E-state index contributed by atoms with van der Waals surface area (Å²) < 4.78 is 12.4. The highest BCUT2D eigenvalue weighted by Gasteiger charge is 2.15. The van der Waals surface area contributed by atoms with E-state index in [2.05, 4.69) is 31.2 Å². The molecule has 6 heteroatoms. The number of rotatable bonds is 6. The molecule has 0 unspecified atom stereocenters. The maximum atomic E-state index is 13.4. The predicted molar refractivity (Wildman–Crippen MR) is 121 cm³/mol. The summed E-state index contributed by atoms with van der Waals surface area (Å²) in [6.07, 6.45) is 0. The largest absolute Gasteiger partial charge is 0.493 e. The maximum Gasteiger partial charge on any atom is 0.266 e. The van der Waals surface area contributed by atoms with Crippen molar-refractivity contribution in [2.24, 2.45) is 0 Å². The fourth-order valence-electron chi connectivity index (χ4n) is 3.23. The van der Waals surface area contributed by atoms with Crippen LogP contribution in [0.15, 0.2) is 76.7 Å². The van der Waals surface area contributed by atoms with Gasteiger partial charge in [0.1, 0.15) is 0 Å². The highest BCUT2D eigenvalue weighted by Crippen LogP contribution is 2.31. The van der Waals surface area contributed by atoms with E-state index in [4.69, 9.17) is 14.5 Å². The zero-order valence-electron chi connectivity index (χ0n) is 17.1. The summed E-state index contributed by atoms with van der Waals surface area (Å²) in [7, 11) is 3.17. The summed E-state index contributed by atoms with van der Waals surface area (Å²) in [4.78, 5) is 18.2. The number of hydrogen-bond donors (Lipinski definition) is 0. The van der Waals surface area contributed by atoms with Gasteiger partial charge < -0.3 is 9.47 Å². The molecule has 0 amide bonds. The molecule has 0 saturated heterocycles. The van der Waals surface area contributed by atoms with E-state index in [0.717, 1.165) is 0 Å². The Morgan fingerprint density at radius 2 is 1.67 bits per heavy atom. The molecule has 30 heavy (non-hydrogen) atoms. The molecular weight excluding hydrogens is 396 g/mol. The van der Waals surface area contributed by atoms with Gasteiger partial charge in [-0.25, -0.2) is 4.98 Å². The Balaban J connectivity index is 1.84. The molecule has 0 aliphatic carbocycles. The highest BCUT2D eigenvalue weighted by molar-refractivity contribution is 7.98. The first-order chi connectivity index (χ1) is 14.6. The topological polar surface area (TPSA) is 53.4 Å². The number of aryl methyl sites for hydroxylation is 1. The number of aromatic nitrogens is 2. The minimum Gasteiger partial charge on any atom is -0.493 e. The summed E-state index contributed by atoms with van der Waals surface area (Å²) in [5.41, 5.74) is 3.65. The van der Waals surface area contributed by atoms with Gasteiger partial charge in [0.05, 0.1) is 30.8 Å². The number of fused-ring (bicyclic) bond motifs is 1. The van der Waals surface area contributed by atoms with E-state index in [1.165, 1.54) is 22.9 Å². The quantitative estimate of drug-likeness (QED) is 0.326. The van der Waals surface area contributed by atoms with Gasteiger partial charge in [-0.3, -0.25) is 9.36 Å². The number of hydrogen-bond acceptors (Lipinski definition) is 5. The summed E-state index contributed by atoms with van der Waals surface area (Å²) >= 11 is 1.53. The molecule has 0 bridgehead atoms. The van der Waals surface area contributed by atoms with Crippen molar-refractivity contribution in [2.75, 3.05) is 14.2 Å². The zero-order chi connectivity index (χ0) is 21.1. The van der Waals surface area contributed by atoms with Crippen LogP contribution in [-0.4, -0.2) is 23.8 Å². The van der Waals surface area contributed by atoms with E-state index < -0.39 is 0 Å². The average Bonchev–Trinajstić information content (AvgIpc) is 2.78. The van der Waals surface area contributed by atoms with Crippen molar-refractivity contribution in [2.45, 2.75) is 17.8 Å². The van der Waals surface area contributed by atoms with E-state index in [1.807, 2.05) is 24.3 Å². The first kappa shape index (κ1) is 20.0. The van der Waals surface area contributed by atoms with Crippen LogP contribution in [0.1, 0.15) is 11.1 Å². The molecule has 0 atom stereocenters. The van der Waals surface area contributed by atoms with Gasteiger partial charge >= 0.3 is 0 Å². The second-order valence-corrected chi connectivity index (χ2v) is 7.81. The van der Waals surface area contributed by atoms with Crippen LogP contribution < -0.4 is 15.0 Å². The average molecular weight is 419 g/mol. The zero-order valence-corrected chi connectivity index (χ0v) is 17.9. The molecule has 152 valence electrons. The van der Waals surface area contributed by atoms with E-state index >= 15 is 0 Å². The number of methoxy groups -OCH3 is 2. The highest BCUT2D eigenvalue weighted by atomic mass is 32.2. The predicted octanol–water partition coefficient (Wildman–Crippen LogP) is 5.00. The monoisotopic (exact) mass is 418 g/mol. The lowest BCUT2D eigenvalue weighted by Crippen LogP contribution is -2.21. The summed E-state index contributed by atoms with van der Waals surface area (Å²) in [5.74, 6) is 1.87. The fourth-order valence-corrected chi connectivity index (χ4v) is 4.20. The van der Waals surface area contributed by atoms with Crippen LogP contribution in [0.25, 0.3) is 16.6 Å². The summed E-state index contributed by atoms with van der Waals surface area (Å²) in [6.45, 7) is 2.07. The van der Waals surface area contributed by atoms with Crippen molar-refractivity contribution in [1.82, 2.24) is 9.55 Å². The van der Waals surface area contributed by atoms with Gasteiger partial charge in [-0.05, 0) is 36.8 Å². The summed E-state index contributed by atoms with van der Waals surface area (Å²) in [5, 5.41) is 1.21. The first-order valence-electron chi connectivity index (χ1n) is 9.53. The van der Waals surface area contributed by atoms with Crippen molar-refractivity contribution < 1.29 is 9.47 Å². The smallest absolute Gasteiger partial charge is 0.266 e. The molecule has 0 aliphatic rings. The van der Waals surface area contributed by atoms with Gasteiger partial charge in [0.25, 0.3) is 5.56 Å². The third-order valence-electron chi connectivity index (χ3n) is 4.86. The third-order valence-corrected chi connectivity index (χ3v) is 5.87. The van der Waals surface area contributed by atoms with Crippen LogP contribution in [0.2, 0.25) is 0 Å². The van der Waals surface area contributed by atoms with E-state index in [1.54, 1.807) is 37.0 Å². The molecule has 0 aliphatic heterocycles. The standard InChI is InChI=1S/C24H22N2O3S/c1-16-8-10-17(11-9-16)15-30-24-25-20-7-5-4-6-19(20)23(27)26(24)18-12-13-21(28-2)22(14-18)29-3/h4-14H,15H2,1-3H3. The summed E-state index contributed by atoms with van der Waals surface area (Å²) in [6, 6.07) is 21.2. The Labute approximate surface area is 179 Å². The Bertz CT molecular complexity index is 1250. The third kappa shape index (κ3) is 3.91. The molecule has 3 aromatic carbocycles. The minimum absolute atomic E-state index is 0.112. The van der Waals surface area contributed by atoms with Gasteiger partial charge in [0.15, 0.2) is 16.7 Å². The number of thioether (sulfide) groups is 1. The molecule has 0 spiro atoms. The van der Waals surface area contributed by atoms with Gasteiger partial charge in [-0.15, -0.1) is 0 Å². The van der Waals surface area contributed by atoms with Gasteiger partial charge in [-0.1, -0.05) is 53.7 Å². The minimum atomic E-state index is -0.112. The number of ether oxygens (including phenoxy) is 2. The second kappa shape index (κ2) is 8.63. The Hall–Kier alpha value is -3.25. The van der Waals surface area contributed by atoms with Crippen molar-refractivity contribution in [3.8, 4) is 17.2 Å². The van der Waals surface area contributed by atoms with Gasteiger partial charge in [0, 0.05) is 11.8 Å². The van der Waals surface area contributed by atoms with Crippen LogP contribution in [0.5, 0.6) is 11.5 Å². The van der Waals surface area contributed by atoms with Crippen LogP contribution in [0.4, 0.5) is 0 Å². The molecule has 4 rings (SSSR count). The second-order valence-electron chi connectivity index (χ2n) is 6.87. The molecule has 0 saturated carbocycles. The maximum absolute atomic E-state index is 13.4. The molecule has 0 N–H and O–H groups in total. The first-order valence-corrected chi connectivity index (χ1v) is 10.5. The van der Waals surface area contributed by atoms with Crippen LogP contribution >= 0.6 is 11.8 Å². The normalized spacial score (nSPS) is 10.9. The Morgan fingerprint density at radius 3 is 2.40 bits per heavy atom. The van der Waals surface area contributed by atoms with Crippen LogP contribution in [-0.2, 0) is 5.75 Å². The lowest BCUT2D eigenvalue weighted by Gasteiger charge is -2.15. The molecule has 5 nitrogen and oxygen atoms in total. The number of nitrogens with zero attached hydrogens (tertiary/aromatic N) is 2. The van der Waals surface area contributed by atoms with Crippen LogP contribution in [0.3, 0.4) is 0 Å². The van der Waals surface area contributed by atoms with E-state index in [0.29, 0.717) is 39.0 Å². The molecule has 4 aromatic rings. The van der Waals surface area contributed by atoms with Gasteiger partial charge in [-0.2, -0.15) is 0 Å². The molecule has 1 heterocycles. The molecule has 1 aromatic heterocycles. The lowest BCUT2D eigenvalue weighted by atomic mass is 10.2. The SMILES string of the molecule is COc1ccc(-n2c(SCc3ccc(C)cc3)nc3ccccc3c2=O)cc1OC. The molecule has 0 radical (unpaired) electrons. The number of para-hydroxylation sites is 1. The Morgan fingerprint density at radius 1 is 0.933 bits per heavy atom. The van der Waals surface area contributed by atoms with Crippen molar-refractivity contribution in [3.05, 3.63) is 88.2 Å². The van der Waals surface area contributed by atoms with Gasteiger partial charge in [0.2, 0.25) is 0 Å². The van der Waals surface area contributed by atoms with Crippen molar-refractivity contribution >= 4 is 22.7 Å². The molecule has 0 fully saturated rings. The van der Waals surface area contributed by atoms with E-state index in [9.17, 15) is 4.79 Å². The fraction of sp³-hybridized carbons (Fsp3) is 0.167. The lowest BCUT2D eigenvalue weighted by molar-refractivity contribution is 0.354. The Kier molecular flexibility index (Phi) is 5.77. The van der Waals surface area contributed by atoms with Crippen LogP contribution in [0, 0.1) is 6.92 Å². The van der Waals surface area contributed by atoms with Crippen molar-refractivity contribution in [3.63, 3.8) is 0 Å².